The van der Waals surface area contributed by atoms with Crippen molar-refractivity contribution in [2.75, 3.05) is 19.3 Å². The third-order valence-corrected chi connectivity index (χ3v) is 4.56. The van der Waals surface area contributed by atoms with Gasteiger partial charge in [0.2, 0.25) is 0 Å². The first-order valence-corrected chi connectivity index (χ1v) is 7.75. The lowest BCUT2D eigenvalue weighted by Gasteiger charge is -2.30. The number of hydrogen-bond acceptors (Lipinski definition) is 4. The van der Waals surface area contributed by atoms with Gasteiger partial charge < -0.3 is 14.4 Å². The third-order valence-electron chi connectivity index (χ3n) is 3.99. The molecule has 1 aliphatic heterocycles. The van der Waals surface area contributed by atoms with E-state index in [1.807, 2.05) is 26.2 Å². The average molecular weight is 283 g/mol. The number of hydrogen-bond donors (Lipinski definition) is 1. The summed E-state index contributed by atoms with van der Waals surface area (Å²) in [6, 6.07) is 3.55. The van der Waals surface area contributed by atoms with Gasteiger partial charge in [0.25, 0.3) is 5.91 Å². The second-order valence-electron chi connectivity index (χ2n) is 6.02. The first-order chi connectivity index (χ1) is 8.77. The van der Waals surface area contributed by atoms with E-state index in [0.717, 1.165) is 11.5 Å². The molecule has 5 heteroatoms. The van der Waals surface area contributed by atoms with Gasteiger partial charge in [0.15, 0.2) is 5.76 Å². The molecule has 2 heterocycles. The van der Waals surface area contributed by atoms with Gasteiger partial charge in [-0.05, 0) is 25.3 Å². The number of rotatable bonds is 3. The predicted molar refractivity (Wildman–Crippen MR) is 76.2 cm³/mol. The second-order valence-corrected chi connectivity index (χ2v) is 6.88. The van der Waals surface area contributed by atoms with Crippen molar-refractivity contribution in [2.24, 2.45) is 5.41 Å². The topological polar surface area (TPSA) is 53.7 Å². The van der Waals surface area contributed by atoms with Gasteiger partial charge in [-0.2, -0.15) is 11.8 Å². The van der Waals surface area contributed by atoms with Crippen LogP contribution < -0.4 is 0 Å². The number of carbonyl (C=O) groups excluding carboxylic acids is 1. The van der Waals surface area contributed by atoms with Crippen molar-refractivity contribution in [3.8, 4) is 0 Å². The summed E-state index contributed by atoms with van der Waals surface area (Å²) in [5, 5.41) is 10.4. The molecule has 0 bridgehead atoms. The van der Waals surface area contributed by atoms with Gasteiger partial charge in [-0.25, -0.2) is 0 Å². The Balaban J connectivity index is 2.13. The zero-order valence-electron chi connectivity index (χ0n) is 11.9. The molecule has 1 aromatic heterocycles. The monoisotopic (exact) mass is 283 g/mol. The molecule has 0 aromatic carbocycles. The number of nitrogens with zero attached hydrogens (tertiary/aromatic N) is 1. The summed E-state index contributed by atoms with van der Waals surface area (Å²) in [6.45, 7) is 6.61. The summed E-state index contributed by atoms with van der Waals surface area (Å²) in [6.07, 6.45) is 1.99. The molecule has 0 spiro atoms. The van der Waals surface area contributed by atoms with Crippen molar-refractivity contribution in [3.05, 3.63) is 23.7 Å². The molecule has 106 valence electrons. The summed E-state index contributed by atoms with van der Waals surface area (Å²) in [5.74, 6) is 1.79. The van der Waals surface area contributed by atoms with E-state index >= 15 is 0 Å². The lowest BCUT2D eigenvalue weighted by Crippen LogP contribution is -2.40. The van der Waals surface area contributed by atoms with Gasteiger partial charge in [-0.3, -0.25) is 4.79 Å². The number of likely N-dealkylation sites (tertiary alicyclic amines) is 1. The molecule has 2 rings (SSSR count). The van der Waals surface area contributed by atoms with Crippen molar-refractivity contribution in [2.45, 2.75) is 32.1 Å². The number of carbonyl (C=O) groups is 1. The standard InChI is InChI=1S/C14H21NO3S/c1-13(2)8-15(9-14(13,3)17)12(16)11-6-5-10(18-11)7-19-4/h5-6,17H,7-9H2,1-4H3/t14-/m0/s1. The van der Waals surface area contributed by atoms with Crippen molar-refractivity contribution < 1.29 is 14.3 Å². The minimum atomic E-state index is -0.864. The zero-order valence-corrected chi connectivity index (χ0v) is 12.7. The molecule has 1 N–H and O–H groups in total. The van der Waals surface area contributed by atoms with E-state index in [9.17, 15) is 9.90 Å². The smallest absolute Gasteiger partial charge is 0.289 e. The van der Waals surface area contributed by atoms with Crippen LogP contribution >= 0.6 is 11.8 Å². The molecule has 1 atom stereocenters. The van der Waals surface area contributed by atoms with Gasteiger partial charge in [-0.1, -0.05) is 13.8 Å². The van der Waals surface area contributed by atoms with Crippen molar-refractivity contribution in [3.63, 3.8) is 0 Å². The molecule has 0 radical (unpaired) electrons. The van der Waals surface area contributed by atoms with Crippen LogP contribution in [0.4, 0.5) is 0 Å². The van der Waals surface area contributed by atoms with E-state index in [4.69, 9.17) is 4.42 Å². The second kappa shape index (κ2) is 4.87. The highest BCUT2D eigenvalue weighted by molar-refractivity contribution is 7.97. The van der Waals surface area contributed by atoms with E-state index in [-0.39, 0.29) is 11.3 Å². The molecule has 1 aliphatic rings. The van der Waals surface area contributed by atoms with Gasteiger partial charge in [0, 0.05) is 12.0 Å². The fraction of sp³-hybridized carbons (Fsp3) is 0.643. The van der Waals surface area contributed by atoms with E-state index in [0.29, 0.717) is 18.8 Å². The number of amides is 1. The summed E-state index contributed by atoms with van der Waals surface area (Å²) >= 11 is 1.65. The van der Waals surface area contributed by atoms with Crippen LogP contribution in [-0.2, 0) is 5.75 Å². The van der Waals surface area contributed by atoms with Crippen LogP contribution in [0.1, 0.15) is 37.1 Å². The molecule has 1 amide bonds. The third kappa shape index (κ3) is 2.67. The molecule has 1 aromatic rings. The van der Waals surface area contributed by atoms with Crippen molar-refractivity contribution >= 4 is 17.7 Å². The Hall–Kier alpha value is -0.940. The van der Waals surface area contributed by atoms with E-state index in [2.05, 4.69) is 0 Å². The molecule has 0 saturated carbocycles. The van der Waals surface area contributed by atoms with E-state index in [1.54, 1.807) is 29.7 Å². The molecule has 4 nitrogen and oxygen atoms in total. The Morgan fingerprint density at radius 3 is 2.63 bits per heavy atom. The average Bonchev–Trinajstić information content (AvgIpc) is 2.82. The van der Waals surface area contributed by atoms with Gasteiger partial charge in [-0.15, -0.1) is 0 Å². The van der Waals surface area contributed by atoms with Crippen LogP contribution in [0, 0.1) is 5.41 Å². The Morgan fingerprint density at radius 2 is 2.11 bits per heavy atom. The zero-order chi connectivity index (χ0) is 14.3. The molecular formula is C14H21NO3S. The molecule has 0 unspecified atom stereocenters. The quantitative estimate of drug-likeness (QED) is 0.925. The summed E-state index contributed by atoms with van der Waals surface area (Å²) in [4.78, 5) is 14.0. The molecule has 1 saturated heterocycles. The fourth-order valence-corrected chi connectivity index (χ4v) is 2.74. The normalized spacial score (nSPS) is 25.8. The maximum Gasteiger partial charge on any atom is 0.289 e. The maximum atomic E-state index is 12.4. The molecular weight excluding hydrogens is 262 g/mol. The van der Waals surface area contributed by atoms with Gasteiger partial charge >= 0.3 is 0 Å². The minimum absolute atomic E-state index is 0.141. The van der Waals surface area contributed by atoms with Crippen LogP contribution in [0.25, 0.3) is 0 Å². The Bertz CT molecular complexity index is 463. The minimum Gasteiger partial charge on any atom is -0.455 e. The number of aliphatic hydroxyl groups is 1. The van der Waals surface area contributed by atoms with Crippen LogP contribution in [0.3, 0.4) is 0 Å². The SMILES string of the molecule is CSCc1ccc(C(=O)N2CC(C)(C)[C@@](C)(O)C2)o1. The summed E-state index contributed by atoms with van der Waals surface area (Å²) in [7, 11) is 0. The fourth-order valence-electron chi connectivity index (χ4n) is 2.30. The maximum absolute atomic E-state index is 12.4. The lowest BCUT2D eigenvalue weighted by molar-refractivity contribution is -0.0108. The van der Waals surface area contributed by atoms with Crippen LogP contribution in [0.2, 0.25) is 0 Å². The van der Waals surface area contributed by atoms with Crippen molar-refractivity contribution in [1.82, 2.24) is 4.90 Å². The lowest BCUT2D eigenvalue weighted by atomic mass is 9.79. The van der Waals surface area contributed by atoms with E-state index < -0.39 is 5.60 Å². The van der Waals surface area contributed by atoms with Crippen LogP contribution in [0.5, 0.6) is 0 Å². The highest BCUT2D eigenvalue weighted by Crippen LogP contribution is 2.38. The van der Waals surface area contributed by atoms with Crippen molar-refractivity contribution in [1.29, 1.82) is 0 Å². The largest absolute Gasteiger partial charge is 0.455 e. The first kappa shape index (κ1) is 14.5. The van der Waals surface area contributed by atoms with Crippen LogP contribution in [-0.4, -0.2) is 40.9 Å². The number of thioether (sulfide) groups is 1. The first-order valence-electron chi connectivity index (χ1n) is 6.36. The summed E-state index contributed by atoms with van der Waals surface area (Å²) in [5.41, 5.74) is -1.17. The van der Waals surface area contributed by atoms with E-state index in [1.165, 1.54) is 0 Å². The molecule has 1 fully saturated rings. The molecule has 19 heavy (non-hydrogen) atoms. The molecule has 0 aliphatic carbocycles. The number of furan rings is 1. The highest BCUT2D eigenvalue weighted by atomic mass is 32.2. The Morgan fingerprint density at radius 1 is 1.42 bits per heavy atom. The summed E-state index contributed by atoms with van der Waals surface area (Å²) < 4.78 is 5.54. The van der Waals surface area contributed by atoms with Crippen LogP contribution in [0.15, 0.2) is 16.5 Å². The predicted octanol–water partition coefficient (Wildman–Crippen LogP) is 2.38. The highest BCUT2D eigenvalue weighted by Gasteiger charge is 2.49. The van der Waals surface area contributed by atoms with Gasteiger partial charge in [0.1, 0.15) is 5.76 Å². The van der Waals surface area contributed by atoms with Gasteiger partial charge in [0.05, 0.1) is 17.9 Å². The Labute approximate surface area is 118 Å². The number of β-amino-alcohol motifs (C(OH)–C–C–N with tert-alkyl or cyclic N) is 1. The Kier molecular flexibility index (Phi) is 3.71.